The molecule has 0 heterocycles. The number of rotatable bonds is 9. The van der Waals surface area contributed by atoms with Gasteiger partial charge in [0.1, 0.15) is 0 Å². The molecule has 0 aliphatic carbocycles. The second-order valence-corrected chi connectivity index (χ2v) is 4.24. The van der Waals surface area contributed by atoms with Crippen LogP contribution in [0.15, 0.2) is 0 Å². The summed E-state index contributed by atoms with van der Waals surface area (Å²) in [5.74, 6) is -4.93. The molecule has 2 N–H and O–H groups in total. The van der Waals surface area contributed by atoms with E-state index in [-0.39, 0.29) is 19.0 Å². The minimum absolute atomic E-state index is 0. The Morgan fingerprint density at radius 2 is 1.89 bits per heavy atom. The number of unbranched alkanes of at least 4 members (excludes halogenated alkanes) is 3. The van der Waals surface area contributed by atoms with Crippen LogP contribution in [0, 0.1) is 0 Å². The van der Waals surface area contributed by atoms with Gasteiger partial charge in [-0.3, -0.25) is 0 Å². The van der Waals surface area contributed by atoms with E-state index in [1.54, 1.807) is 0 Å². The number of esters is 1. The van der Waals surface area contributed by atoms with E-state index in [0.717, 1.165) is 25.7 Å². The molecular formula is C12H24ClF2NO2. The van der Waals surface area contributed by atoms with E-state index in [0.29, 0.717) is 6.42 Å². The van der Waals surface area contributed by atoms with Gasteiger partial charge in [0.15, 0.2) is 0 Å². The largest absolute Gasteiger partial charge is 0.462 e. The molecule has 0 rings (SSSR count). The first-order valence-corrected chi connectivity index (χ1v) is 6.24. The van der Waals surface area contributed by atoms with Crippen LogP contribution >= 0.6 is 12.4 Å². The van der Waals surface area contributed by atoms with Gasteiger partial charge in [0.25, 0.3) is 0 Å². The monoisotopic (exact) mass is 287 g/mol. The summed E-state index contributed by atoms with van der Waals surface area (Å²) in [7, 11) is 0. The lowest BCUT2D eigenvalue weighted by molar-refractivity contribution is -0.173. The van der Waals surface area contributed by atoms with Gasteiger partial charge in [-0.2, -0.15) is 8.78 Å². The van der Waals surface area contributed by atoms with Crippen LogP contribution in [-0.2, 0) is 9.53 Å². The molecule has 0 aliphatic heterocycles. The molecule has 0 saturated carbocycles. The highest BCUT2D eigenvalue weighted by Crippen LogP contribution is 2.23. The number of nitrogens with two attached hydrogens (primary N) is 1. The average molecular weight is 288 g/mol. The molecule has 0 aliphatic rings. The summed E-state index contributed by atoms with van der Waals surface area (Å²) in [5.41, 5.74) is 5.59. The van der Waals surface area contributed by atoms with Gasteiger partial charge >= 0.3 is 11.9 Å². The maximum absolute atomic E-state index is 13.3. The Balaban J connectivity index is 0. The van der Waals surface area contributed by atoms with Crippen LogP contribution in [0.25, 0.3) is 0 Å². The summed E-state index contributed by atoms with van der Waals surface area (Å²) in [4.78, 5) is 10.9. The summed E-state index contributed by atoms with van der Waals surface area (Å²) in [6, 6.07) is -0.647. The summed E-state index contributed by atoms with van der Waals surface area (Å²) in [5, 5.41) is 0. The predicted octanol–water partition coefficient (Wildman–Crippen LogP) is 3.29. The molecule has 6 heteroatoms. The van der Waals surface area contributed by atoms with Crippen molar-refractivity contribution in [2.24, 2.45) is 5.73 Å². The Kier molecular flexibility index (Phi) is 11.6. The molecule has 0 fully saturated rings. The molecule has 0 amide bonds. The fourth-order valence-electron chi connectivity index (χ4n) is 1.58. The van der Waals surface area contributed by atoms with Crippen LogP contribution in [0.4, 0.5) is 8.78 Å². The zero-order valence-electron chi connectivity index (χ0n) is 11.1. The van der Waals surface area contributed by atoms with Crippen LogP contribution in [0.2, 0.25) is 0 Å². The molecule has 0 radical (unpaired) electrons. The first-order chi connectivity index (χ1) is 7.94. The molecule has 0 spiro atoms. The van der Waals surface area contributed by atoms with Crippen molar-refractivity contribution in [2.75, 3.05) is 6.61 Å². The number of ether oxygens (including phenoxy) is 1. The van der Waals surface area contributed by atoms with Gasteiger partial charge in [0, 0.05) is 12.5 Å². The molecule has 0 saturated heterocycles. The van der Waals surface area contributed by atoms with Gasteiger partial charge in [-0.1, -0.05) is 32.6 Å². The topological polar surface area (TPSA) is 52.3 Å². The molecule has 110 valence electrons. The Morgan fingerprint density at radius 3 is 2.39 bits per heavy atom. The predicted molar refractivity (Wildman–Crippen MR) is 70.2 cm³/mol. The molecule has 3 nitrogen and oxygen atoms in total. The number of carbonyl (C=O) groups is 1. The molecule has 0 aromatic carbocycles. The molecular weight excluding hydrogens is 264 g/mol. The average Bonchev–Trinajstić information content (AvgIpc) is 2.24. The Morgan fingerprint density at radius 1 is 1.28 bits per heavy atom. The van der Waals surface area contributed by atoms with Gasteiger partial charge in [-0.05, 0) is 13.3 Å². The van der Waals surface area contributed by atoms with Crippen molar-refractivity contribution in [2.45, 2.75) is 64.3 Å². The van der Waals surface area contributed by atoms with E-state index < -0.39 is 24.4 Å². The van der Waals surface area contributed by atoms with E-state index in [1.165, 1.54) is 6.92 Å². The second kappa shape index (κ2) is 10.5. The Hall–Kier alpha value is -0.420. The van der Waals surface area contributed by atoms with E-state index in [9.17, 15) is 13.6 Å². The van der Waals surface area contributed by atoms with Crippen LogP contribution in [0.3, 0.4) is 0 Å². The summed E-state index contributed by atoms with van der Waals surface area (Å²) in [6.07, 6.45) is 3.89. The second-order valence-electron chi connectivity index (χ2n) is 4.24. The zero-order valence-corrected chi connectivity index (χ0v) is 11.9. The lowest BCUT2D eigenvalue weighted by atomic mass is 10.0. The minimum Gasteiger partial charge on any atom is -0.462 e. The van der Waals surface area contributed by atoms with Crippen LogP contribution < -0.4 is 5.73 Å². The van der Waals surface area contributed by atoms with Gasteiger partial charge in [-0.25, -0.2) is 4.79 Å². The van der Waals surface area contributed by atoms with Gasteiger partial charge in [-0.15, -0.1) is 12.4 Å². The normalized spacial score (nSPS) is 12.7. The quantitative estimate of drug-likeness (QED) is 0.523. The SMILES string of the molecule is CCCCCCC(N)CC(F)(F)C(=O)OCC.Cl. The zero-order chi connectivity index (χ0) is 13.3. The third-order valence-corrected chi connectivity index (χ3v) is 2.52. The fourth-order valence-corrected chi connectivity index (χ4v) is 1.58. The first-order valence-electron chi connectivity index (χ1n) is 6.24. The molecule has 1 unspecified atom stereocenters. The van der Waals surface area contributed by atoms with E-state index in [1.807, 2.05) is 0 Å². The van der Waals surface area contributed by atoms with Crippen molar-refractivity contribution in [3.63, 3.8) is 0 Å². The molecule has 0 bridgehead atoms. The van der Waals surface area contributed by atoms with E-state index in [4.69, 9.17) is 5.73 Å². The lowest BCUT2D eigenvalue weighted by Gasteiger charge is -2.18. The van der Waals surface area contributed by atoms with E-state index >= 15 is 0 Å². The van der Waals surface area contributed by atoms with Gasteiger partial charge in [0.2, 0.25) is 0 Å². The number of alkyl halides is 2. The third-order valence-electron chi connectivity index (χ3n) is 2.52. The number of halogens is 3. The summed E-state index contributed by atoms with van der Waals surface area (Å²) >= 11 is 0. The highest BCUT2D eigenvalue weighted by molar-refractivity contribution is 5.85. The summed E-state index contributed by atoms with van der Waals surface area (Å²) in [6.45, 7) is 3.54. The highest BCUT2D eigenvalue weighted by Gasteiger charge is 2.41. The minimum atomic E-state index is -3.46. The van der Waals surface area contributed by atoms with Crippen molar-refractivity contribution in [1.29, 1.82) is 0 Å². The van der Waals surface area contributed by atoms with Crippen molar-refractivity contribution in [1.82, 2.24) is 0 Å². The molecule has 0 aromatic heterocycles. The molecule has 18 heavy (non-hydrogen) atoms. The van der Waals surface area contributed by atoms with Gasteiger partial charge < -0.3 is 10.5 Å². The first kappa shape index (κ1) is 19.9. The lowest BCUT2D eigenvalue weighted by Crippen LogP contribution is -2.37. The Bertz CT molecular complexity index is 228. The molecule has 1 atom stereocenters. The molecule has 0 aromatic rings. The third kappa shape index (κ3) is 8.64. The number of hydrogen-bond acceptors (Lipinski definition) is 3. The van der Waals surface area contributed by atoms with Crippen LogP contribution in [-0.4, -0.2) is 24.5 Å². The van der Waals surface area contributed by atoms with Crippen molar-refractivity contribution in [3.8, 4) is 0 Å². The maximum atomic E-state index is 13.3. The summed E-state index contributed by atoms with van der Waals surface area (Å²) < 4.78 is 30.9. The smallest absolute Gasteiger partial charge is 0.377 e. The highest BCUT2D eigenvalue weighted by atomic mass is 35.5. The Labute approximate surface area is 114 Å². The van der Waals surface area contributed by atoms with Gasteiger partial charge in [0.05, 0.1) is 6.61 Å². The number of carbonyl (C=O) groups excluding carboxylic acids is 1. The van der Waals surface area contributed by atoms with E-state index in [2.05, 4.69) is 11.7 Å². The fraction of sp³-hybridized carbons (Fsp3) is 0.917. The van der Waals surface area contributed by atoms with Crippen molar-refractivity contribution >= 4 is 18.4 Å². The van der Waals surface area contributed by atoms with Crippen LogP contribution in [0.1, 0.15) is 52.4 Å². The van der Waals surface area contributed by atoms with Crippen molar-refractivity contribution in [3.05, 3.63) is 0 Å². The number of hydrogen-bond donors (Lipinski definition) is 1. The maximum Gasteiger partial charge on any atom is 0.377 e. The standard InChI is InChI=1S/C12H23F2NO2.ClH/c1-3-5-6-7-8-10(15)9-12(13,14)11(16)17-4-2;/h10H,3-9,15H2,1-2H3;1H. The van der Waals surface area contributed by atoms with Crippen LogP contribution in [0.5, 0.6) is 0 Å². The van der Waals surface area contributed by atoms with Crippen molar-refractivity contribution < 1.29 is 18.3 Å².